The van der Waals surface area contributed by atoms with Crippen LogP contribution in [-0.2, 0) is 14.3 Å². The number of rotatable bonds is 11. The van der Waals surface area contributed by atoms with Gasteiger partial charge >= 0.3 is 11.9 Å². The normalized spacial score (nSPS) is 17.1. The number of Topliss-reactive ketones (excluding diaryl/α,β-unsaturated/α-hetero) is 1. The minimum absolute atomic E-state index is 0.109. The lowest BCUT2D eigenvalue weighted by Crippen LogP contribution is -2.29. The molecule has 44 heavy (non-hydrogen) atoms. The van der Waals surface area contributed by atoms with E-state index in [9.17, 15) is 19.5 Å². The molecule has 3 aromatic rings. The van der Waals surface area contributed by atoms with Gasteiger partial charge in [0.15, 0.2) is 28.1 Å². The number of anilines is 1. The Kier molecular flexibility index (Phi) is 9.38. The molecule has 11 nitrogen and oxygen atoms in total. The number of hydrogen-bond acceptors (Lipinski definition) is 11. The molecule has 12 heteroatoms. The van der Waals surface area contributed by atoms with Crippen LogP contribution in [0.1, 0.15) is 65.6 Å². The molecule has 0 bridgehead atoms. The summed E-state index contributed by atoms with van der Waals surface area (Å²) in [5, 5.41) is 11.7. The van der Waals surface area contributed by atoms with Gasteiger partial charge in [0.2, 0.25) is 0 Å². The summed E-state index contributed by atoms with van der Waals surface area (Å²) in [4.78, 5) is 45.9. The summed E-state index contributed by atoms with van der Waals surface area (Å²) in [5.41, 5.74) is 0.925. The predicted octanol–water partition coefficient (Wildman–Crippen LogP) is 5.60. The monoisotopic (exact) mass is 622 g/mol. The van der Waals surface area contributed by atoms with Crippen LogP contribution in [-0.4, -0.2) is 61.3 Å². The average Bonchev–Trinajstić information content (AvgIpc) is 3.54. The number of thiazole rings is 1. The summed E-state index contributed by atoms with van der Waals surface area (Å²) in [6.07, 6.45) is 2.95. The Morgan fingerprint density at radius 2 is 1.84 bits per heavy atom. The zero-order chi connectivity index (χ0) is 31.4. The summed E-state index contributed by atoms with van der Waals surface area (Å²) in [7, 11) is 1.50. The zero-order valence-corrected chi connectivity index (χ0v) is 25.8. The fourth-order valence-corrected chi connectivity index (χ4v) is 6.06. The first-order valence-corrected chi connectivity index (χ1v) is 15.3. The van der Waals surface area contributed by atoms with E-state index in [4.69, 9.17) is 23.7 Å². The molecule has 1 atom stereocenters. The van der Waals surface area contributed by atoms with Crippen LogP contribution in [0.4, 0.5) is 5.13 Å². The maximum absolute atomic E-state index is 13.7. The molecule has 0 saturated carbocycles. The van der Waals surface area contributed by atoms with Crippen molar-refractivity contribution in [1.29, 1.82) is 0 Å². The van der Waals surface area contributed by atoms with Gasteiger partial charge in [0, 0.05) is 5.56 Å². The van der Waals surface area contributed by atoms with Crippen molar-refractivity contribution in [2.24, 2.45) is 0 Å². The molecule has 2 aromatic carbocycles. The van der Waals surface area contributed by atoms with E-state index in [1.54, 1.807) is 50.2 Å². The maximum Gasteiger partial charge on any atom is 0.350 e. The van der Waals surface area contributed by atoms with Crippen LogP contribution in [0.5, 0.6) is 23.0 Å². The molecule has 232 valence electrons. The Bertz CT molecular complexity index is 1610. The van der Waals surface area contributed by atoms with Crippen molar-refractivity contribution in [1.82, 2.24) is 4.98 Å². The number of aliphatic hydroxyl groups excluding tert-OH is 1. The molecular formula is C32H34N2O9S. The fraction of sp³-hybridized carbons (Fsp3) is 0.375. The molecule has 5 rings (SSSR count). The van der Waals surface area contributed by atoms with Crippen molar-refractivity contribution in [3.05, 3.63) is 63.7 Å². The quantitative estimate of drug-likeness (QED) is 0.0947. The number of aromatic nitrogens is 1. The van der Waals surface area contributed by atoms with Crippen molar-refractivity contribution >= 4 is 39.9 Å². The number of nitrogens with zero attached hydrogens (tertiary/aromatic N) is 2. The molecule has 1 amide bonds. The highest BCUT2D eigenvalue weighted by atomic mass is 32.1. The average molecular weight is 623 g/mol. The van der Waals surface area contributed by atoms with Crippen molar-refractivity contribution in [3.63, 3.8) is 0 Å². The van der Waals surface area contributed by atoms with E-state index >= 15 is 0 Å². The first kappa shape index (κ1) is 30.9. The van der Waals surface area contributed by atoms with Gasteiger partial charge in [-0.1, -0.05) is 37.2 Å². The van der Waals surface area contributed by atoms with Gasteiger partial charge < -0.3 is 28.8 Å². The summed E-state index contributed by atoms with van der Waals surface area (Å²) in [5.74, 6) is -0.975. The molecule has 1 saturated heterocycles. The van der Waals surface area contributed by atoms with Crippen LogP contribution in [0.25, 0.3) is 5.76 Å². The van der Waals surface area contributed by atoms with E-state index in [2.05, 4.69) is 11.9 Å². The Balaban J connectivity index is 1.64. The predicted molar refractivity (Wildman–Crippen MR) is 163 cm³/mol. The molecule has 0 spiro atoms. The number of carbonyl (C=O) groups is 3. The molecule has 0 radical (unpaired) electrons. The maximum atomic E-state index is 13.7. The molecule has 1 aromatic heterocycles. The van der Waals surface area contributed by atoms with Crippen molar-refractivity contribution in [3.8, 4) is 23.0 Å². The van der Waals surface area contributed by atoms with Crippen molar-refractivity contribution in [2.45, 2.75) is 46.1 Å². The van der Waals surface area contributed by atoms with Crippen LogP contribution in [0.15, 0.2) is 42.0 Å². The SMILES string of the molecule is CCCCCOc1ccc(C2/C(=C(\O)c3ccc4c(c3)OCCO4)C(=O)C(=O)N2c2nc(C)c(C(=O)OCC)s2)cc1OC. The second-order valence-electron chi connectivity index (χ2n) is 10.1. The third-order valence-electron chi connectivity index (χ3n) is 7.22. The third kappa shape index (κ3) is 5.94. The van der Waals surface area contributed by atoms with Gasteiger partial charge in [0.25, 0.3) is 5.78 Å². The van der Waals surface area contributed by atoms with Gasteiger partial charge in [-0.2, -0.15) is 0 Å². The minimum atomic E-state index is -1.10. The topological polar surface area (TPSA) is 134 Å². The second-order valence-corrected chi connectivity index (χ2v) is 11.1. The number of hydrogen-bond donors (Lipinski definition) is 1. The molecule has 2 aliphatic rings. The van der Waals surface area contributed by atoms with Gasteiger partial charge in [-0.3, -0.25) is 14.5 Å². The molecule has 2 aliphatic heterocycles. The summed E-state index contributed by atoms with van der Waals surface area (Å²) < 4.78 is 28.0. The number of fused-ring (bicyclic) bond motifs is 1. The van der Waals surface area contributed by atoms with E-state index in [0.29, 0.717) is 54.1 Å². The molecule has 1 unspecified atom stereocenters. The summed E-state index contributed by atoms with van der Waals surface area (Å²) in [6.45, 7) is 6.82. The van der Waals surface area contributed by atoms with Crippen molar-refractivity contribution < 1.29 is 43.2 Å². The number of esters is 1. The smallest absolute Gasteiger partial charge is 0.350 e. The Morgan fingerprint density at radius 1 is 1.07 bits per heavy atom. The summed E-state index contributed by atoms with van der Waals surface area (Å²) in [6, 6.07) is 8.78. The highest BCUT2D eigenvalue weighted by Crippen LogP contribution is 2.46. The zero-order valence-electron chi connectivity index (χ0n) is 25.0. The number of aryl methyl sites for hydroxylation is 1. The molecule has 1 fully saturated rings. The summed E-state index contributed by atoms with van der Waals surface area (Å²) >= 11 is 0.937. The molecule has 0 aliphatic carbocycles. The number of aliphatic hydroxyl groups is 1. The number of carbonyl (C=O) groups excluding carboxylic acids is 3. The minimum Gasteiger partial charge on any atom is -0.507 e. The highest BCUT2D eigenvalue weighted by Gasteiger charge is 2.48. The standard InChI is InChI=1S/C32H34N2O9S/c1-5-7-8-13-41-21-11-9-19(16-23(21)39-4)26-25(27(35)20-10-12-22-24(17-20)43-15-14-42-22)28(36)30(37)34(26)32-33-18(3)29(44-32)31(38)40-6-2/h9-12,16-17,26,35H,5-8,13-15H2,1-4H3/b27-25+. The number of amides is 1. The van der Waals surface area contributed by atoms with Gasteiger partial charge in [-0.05, 0) is 56.2 Å². The third-order valence-corrected chi connectivity index (χ3v) is 8.36. The molecule has 3 heterocycles. The number of unbranched alkanes of at least 4 members (excludes halogenated alkanes) is 2. The molecular weight excluding hydrogens is 588 g/mol. The first-order valence-electron chi connectivity index (χ1n) is 14.4. The second kappa shape index (κ2) is 13.4. The van der Waals surface area contributed by atoms with E-state index in [1.165, 1.54) is 12.0 Å². The lowest BCUT2D eigenvalue weighted by molar-refractivity contribution is -0.132. The van der Waals surface area contributed by atoms with Gasteiger partial charge in [-0.25, -0.2) is 9.78 Å². The molecule has 1 N–H and O–H groups in total. The Labute approximate surface area is 259 Å². The lowest BCUT2D eigenvalue weighted by atomic mass is 9.95. The van der Waals surface area contributed by atoms with Crippen LogP contribution in [0, 0.1) is 6.92 Å². The fourth-order valence-electron chi connectivity index (χ4n) is 5.07. The number of methoxy groups -OCH3 is 1. The number of ether oxygens (including phenoxy) is 5. The van der Waals surface area contributed by atoms with Crippen LogP contribution in [0.3, 0.4) is 0 Å². The first-order chi connectivity index (χ1) is 21.3. The van der Waals surface area contributed by atoms with Crippen molar-refractivity contribution in [2.75, 3.05) is 38.4 Å². The number of ketones is 1. The Hall–Kier alpha value is -4.58. The van der Waals surface area contributed by atoms with Crippen LogP contribution < -0.4 is 23.8 Å². The van der Waals surface area contributed by atoms with E-state index < -0.39 is 29.5 Å². The largest absolute Gasteiger partial charge is 0.507 e. The van der Waals surface area contributed by atoms with Gasteiger partial charge in [-0.15, -0.1) is 0 Å². The van der Waals surface area contributed by atoms with Crippen LogP contribution >= 0.6 is 11.3 Å². The highest BCUT2D eigenvalue weighted by molar-refractivity contribution is 7.17. The van der Waals surface area contributed by atoms with E-state index in [0.717, 1.165) is 30.6 Å². The lowest BCUT2D eigenvalue weighted by Gasteiger charge is -2.24. The van der Waals surface area contributed by atoms with Gasteiger partial charge in [0.05, 0.1) is 37.6 Å². The number of benzene rings is 2. The van der Waals surface area contributed by atoms with E-state index in [-0.39, 0.29) is 27.8 Å². The Morgan fingerprint density at radius 3 is 2.57 bits per heavy atom. The van der Waals surface area contributed by atoms with E-state index in [1.807, 2.05) is 0 Å². The van der Waals surface area contributed by atoms with Crippen LogP contribution in [0.2, 0.25) is 0 Å². The van der Waals surface area contributed by atoms with Gasteiger partial charge in [0.1, 0.15) is 23.9 Å².